The Morgan fingerprint density at radius 2 is 1.84 bits per heavy atom. The molecule has 0 unspecified atom stereocenters. The van der Waals surface area contributed by atoms with Crippen molar-refractivity contribution in [2.45, 2.75) is 25.4 Å². The summed E-state index contributed by atoms with van der Waals surface area (Å²) in [4.78, 5) is 15.1. The topological polar surface area (TPSA) is 61.1 Å². The number of amides is 1. The van der Waals surface area contributed by atoms with Crippen molar-refractivity contribution >= 4 is 5.91 Å². The van der Waals surface area contributed by atoms with E-state index >= 15 is 0 Å². The highest BCUT2D eigenvalue weighted by molar-refractivity contribution is 5.95. The lowest BCUT2D eigenvalue weighted by molar-refractivity contribution is 0.0249. The Morgan fingerprint density at radius 3 is 2.40 bits per heavy atom. The van der Waals surface area contributed by atoms with E-state index in [-0.39, 0.29) is 11.9 Å². The Labute approximate surface area is 147 Å². The van der Waals surface area contributed by atoms with Crippen molar-refractivity contribution in [3.63, 3.8) is 0 Å². The lowest BCUT2D eigenvalue weighted by Gasteiger charge is -2.34. The van der Waals surface area contributed by atoms with Crippen molar-refractivity contribution < 1.29 is 23.4 Å². The Hall–Kier alpha value is -2.47. The molecule has 1 amide bonds. The molecule has 1 aromatic carbocycles. The number of methoxy groups -OCH3 is 2. The normalized spacial score (nSPS) is 15.0. The van der Waals surface area contributed by atoms with E-state index in [1.54, 1.807) is 38.7 Å². The summed E-state index contributed by atoms with van der Waals surface area (Å²) in [6.07, 6.45) is 3.25. The third kappa shape index (κ3) is 4.14. The van der Waals surface area contributed by atoms with Crippen LogP contribution in [0.1, 0.15) is 29.0 Å². The van der Waals surface area contributed by atoms with Crippen LogP contribution in [-0.4, -0.2) is 44.3 Å². The minimum atomic E-state index is -0.0690. The molecular weight excluding hydrogens is 322 g/mol. The molecule has 2 heterocycles. The maximum absolute atomic E-state index is 13.2. The smallest absolute Gasteiger partial charge is 0.254 e. The summed E-state index contributed by atoms with van der Waals surface area (Å²) in [5, 5.41) is 0. The number of ether oxygens (including phenoxy) is 3. The maximum atomic E-state index is 13.2. The van der Waals surface area contributed by atoms with Gasteiger partial charge in [-0.25, -0.2) is 0 Å². The SMILES string of the molecule is COc1cc(OC)cc(C(=O)N(Cc2ccco2)C2CCOCC2)c1. The minimum absolute atomic E-state index is 0.0690. The van der Waals surface area contributed by atoms with Crippen molar-refractivity contribution in [2.24, 2.45) is 0 Å². The van der Waals surface area contributed by atoms with Crippen LogP contribution in [0, 0.1) is 0 Å². The molecule has 2 aromatic rings. The zero-order chi connectivity index (χ0) is 17.6. The average molecular weight is 345 g/mol. The largest absolute Gasteiger partial charge is 0.497 e. The highest BCUT2D eigenvalue weighted by Gasteiger charge is 2.28. The van der Waals surface area contributed by atoms with Gasteiger partial charge in [-0.05, 0) is 37.1 Å². The van der Waals surface area contributed by atoms with Gasteiger partial charge in [0, 0.05) is 30.9 Å². The molecule has 0 saturated carbocycles. The summed E-state index contributed by atoms with van der Waals surface area (Å²) in [5.41, 5.74) is 0.536. The fraction of sp³-hybridized carbons (Fsp3) is 0.421. The fourth-order valence-electron chi connectivity index (χ4n) is 3.03. The van der Waals surface area contributed by atoms with E-state index in [0.717, 1.165) is 18.6 Å². The molecule has 1 aliphatic heterocycles. The van der Waals surface area contributed by atoms with Crippen LogP contribution in [-0.2, 0) is 11.3 Å². The maximum Gasteiger partial charge on any atom is 0.254 e. The summed E-state index contributed by atoms with van der Waals surface area (Å²) in [6.45, 7) is 1.75. The fourth-order valence-corrected chi connectivity index (χ4v) is 3.03. The van der Waals surface area contributed by atoms with Gasteiger partial charge in [-0.2, -0.15) is 0 Å². The van der Waals surface area contributed by atoms with Crippen LogP contribution < -0.4 is 9.47 Å². The van der Waals surface area contributed by atoms with Crippen molar-refractivity contribution in [2.75, 3.05) is 27.4 Å². The first-order valence-corrected chi connectivity index (χ1v) is 8.35. The number of carbonyl (C=O) groups excluding carboxylic acids is 1. The Balaban J connectivity index is 1.89. The number of hydrogen-bond acceptors (Lipinski definition) is 5. The molecular formula is C19H23NO5. The van der Waals surface area contributed by atoms with E-state index in [0.29, 0.717) is 36.8 Å². The highest BCUT2D eigenvalue weighted by atomic mass is 16.5. The van der Waals surface area contributed by atoms with Crippen molar-refractivity contribution in [3.05, 3.63) is 47.9 Å². The van der Waals surface area contributed by atoms with Crippen LogP contribution in [0.4, 0.5) is 0 Å². The van der Waals surface area contributed by atoms with Gasteiger partial charge >= 0.3 is 0 Å². The molecule has 0 bridgehead atoms. The van der Waals surface area contributed by atoms with Crippen molar-refractivity contribution in [3.8, 4) is 11.5 Å². The molecule has 6 nitrogen and oxygen atoms in total. The van der Waals surface area contributed by atoms with Gasteiger partial charge in [-0.15, -0.1) is 0 Å². The molecule has 0 atom stereocenters. The molecule has 0 aliphatic carbocycles. The summed E-state index contributed by atoms with van der Waals surface area (Å²) in [6, 6.07) is 9.05. The zero-order valence-corrected chi connectivity index (χ0v) is 14.6. The van der Waals surface area contributed by atoms with Gasteiger partial charge in [0.2, 0.25) is 0 Å². The van der Waals surface area contributed by atoms with Gasteiger partial charge in [0.15, 0.2) is 0 Å². The number of furan rings is 1. The van der Waals surface area contributed by atoms with Crippen LogP contribution >= 0.6 is 0 Å². The standard InChI is InChI=1S/C19H23NO5/c1-22-17-10-14(11-18(12-17)23-2)19(21)20(13-16-4-3-7-25-16)15-5-8-24-9-6-15/h3-4,7,10-12,15H,5-6,8-9,13H2,1-2H3. The van der Waals surface area contributed by atoms with Crippen LogP contribution in [0.15, 0.2) is 41.0 Å². The van der Waals surface area contributed by atoms with E-state index in [2.05, 4.69) is 0 Å². The Bertz CT molecular complexity index is 670. The van der Waals surface area contributed by atoms with E-state index in [1.807, 2.05) is 17.0 Å². The van der Waals surface area contributed by atoms with E-state index in [1.165, 1.54) is 0 Å². The van der Waals surface area contributed by atoms with Crippen LogP contribution in [0.25, 0.3) is 0 Å². The third-order valence-corrected chi connectivity index (χ3v) is 4.40. The number of rotatable bonds is 6. The van der Waals surface area contributed by atoms with Crippen molar-refractivity contribution in [1.29, 1.82) is 0 Å². The molecule has 0 spiro atoms. The summed E-state index contributed by atoms with van der Waals surface area (Å²) < 4.78 is 21.5. The van der Waals surface area contributed by atoms with Crippen LogP contribution in [0.5, 0.6) is 11.5 Å². The lowest BCUT2D eigenvalue weighted by atomic mass is 10.0. The number of benzene rings is 1. The van der Waals surface area contributed by atoms with Gasteiger partial charge < -0.3 is 23.5 Å². The molecule has 1 fully saturated rings. The molecule has 0 radical (unpaired) electrons. The van der Waals surface area contributed by atoms with Crippen LogP contribution in [0.3, 0.4) is 0 Å². The van der Waals surface area contributed by atoms with Crippen molar-refractivity contribution in [1.82, 2.24) is 4.90 Å². The second kappa shape index (κ2) is 8.07. The molecule has 1 aliphatic rings. The first-order valence-electron chi connectivity index (χ1n) is 8.35. The molecule has 134 valence electrons. The molecule has 0 N–H and O–H groups in total. The average Bonchev–Trinajstić information content (AvgIpc) is 3.19. The van der Waals surface area contributed by atoms with Gasteiger partial charge in [0.1, 0.15) is 17.3 Å². The second-order valence-electron chi connectivity index (χ2n) is 5.96. The van der Waals surface area contributed by atoms with E-state index in [4.69, 9.17) is 18.6 Å². The Morgan fingerprint density at radius 1 is 1.16 bits per heavy atom. The predicted molar refractivity (Wildman–Crippen MR) is 92.0 cm³/mol. The van der Waals surface area contributed by atoms with E-state index < -0.39 is 0 Å². The summed E-state index contributed by atoms with van der Waals surface area (Å²) in [5.74, 6) is 1.87. The van der Waals surface area contributed by atoms with E-state index in [9.17, 15) is 4.79 Å². The number of hydrogen-bond donors (Lipinski definition) is 0. The number of nitrogens with zero attached hydrogens (tertiary/aromatic N) is 1. The summed E-state index contributed by atoms with van der Waals surface area (Å²) in [7, 11) is 3.14. The quantitative estimate of drug-likeness (QED) is 0.805. The predicted octanol–water partition coefficient (Wildman–Crippen LogP) is 3.12. The molecule has 1 aromatic heterocycles. The molecule has 25 heavy (non-hydrogen) atoms. The summed E-state index contributed by atoms with van der Waals surface area (Å²) >= 11 is 0. The number of carbonyl (C=O) groups is 1. The van der Waals surface area contributed by atoms with Gasteiger partial charge in [-0.3, -0.25) is 4.79 Å². The first kappa shape index (κ1) is 17.4. The zero-order valence-electron chi connectivity index (χ0n) is 14.6. The molecule has 6 heteroatoms. The van der Waals surface area contributed by atoms with Gasteiger partial charge in [-0.1, -0.05) is 0 Å². The third-order valence-electron chi connectivity index (χ3n) is 4.40. The Kier molecular flexibility index (Phi) is 5.60. The van der Waals surface area contributed by atoms with Gasteiger partial charge in [0.05, 0.1) is 27.0 Å². The highest BCUT2D eigenvalue weighted by Crippen LogP contribution is 2.26. The van der Waals surface area contributed by atoms with Crippen LogP contribution in [0.2, 0.25) is 0 Å². The molecule has 3 rings (SSSR count). The lowest BCUT2D eigenvalue weighted by Crippen LogP contribution is -2.42. The monoisotopic (exact) mass is 345 g/mol. The molecule has 1 saturated heterocycles. The van der Waals surface area contributed by atoms with Gasteiger partial charge in [0.25, 0.3) is 5.91 Å². The first-order chi connectivity index (χ1) is 12.2. The minimum Gasteiger partial charge on any atom is -0.497 e. The second-order valence-corrected chi connectivity index (χ2v) is 5.96.